The van der Waals surface area contributed by atoms with E-state index >= 15 is 0 Å². The largest absolute Gasteiger partial charge is 0.416 e. The second kappa shape index (κ2) is 7.98. The molecular weight excluding hydrogens is 283 g/mol. The Bertz CT molecular complexity index is 536. The summed E-state index contributed by atoms with van der Waals surface area (Å²) in [6.45, 7) is 0.852. The highest BCUT2D eigenvalue weighted by Crippen LogP contribution is 2.17. The van der Waals surface area contributed by atoms with Crippen LogP contribution in [0.1, 0.15) is 11.5 Å². The van der Waals surface area contributed by atoms with Gasteiger partial charge in [0, 0.05) is 5.75 Å². The molecule has 0 amide bonds. The monoisotopic (exact) mass is 298 g/mol. The van der Waals surface area contributed by atoms with Crippen LogP contribution in [-0.4, -0.2) is 40.9 Å². The molecule has 20 heavy (non-hydrogen) atoms. The van der Waals surface area contributed by atoms with Crippen LogP contribution in [-0.2, 0) is 11.2 Å². The summed E-state index contributed by atoms with van der Waals surface area (Å²) in [6.07, 6.45) is 0.409. The Kier molecular flexibility index (Phi) is 5.97. The van der Waals surface area contributed by atoms with Gasteiger partial charge < -0.3 is 14.3 Å². The van der Waals surface area contributed by atoms with Crippen LogP contribution in [0.5, 0.6) is 0 Å². The normalized spacial score (nSPS) is 10.9. The third kappa shape index (κ3) is 4.92. The SMILES string of the molecule is OCCOCCSc1nnc(Cc2cccc(F)c2)o1. The Labute approximate surface area is 120 Å². The van der Waals surface area contributed by atoms with Gasteiger partial charge in [-0.05, 0) is 17.7 Å². The van der Waals surface area contributed by atoms with Crippen molar-refractivity contribution in [3.8, 4) is 0 Å². The zero-order chi connectivity index (χ0) is 14.2. The lowest BCUT2D eigenvalue weighted by atomic mass is 10.1. The summed E-state index contributed by atoms with van der Waals surface area (Å²) in [7, 11) is 0. The second-order valence-electron chi connectivity index (χ2n) is 3.95. The molecule has 0 saturated carbocycles. The van der Waals surface area contributed by atoms with Crippen molar-refractivity contribution in [2.75, 3.05) is 25.6 Å². The standard InChI is InChI=1S/C13H15FN2O3S/c14-11-3-1-2-10(8-11)9-12-15-16-13(19-12)20-7-6-18-5-4-17/h1-3,8,17H,4-7,9H2. The number of hydrogen-bond donors (Lipinski definition) is 1. The van der Waals surface area contributed by atoms with E-state index in [1.54, 1.807) is 6.07 Å². The van der Waals surface area contributed by atoms with Crippen LogP contribution < -0.4 is 0 Å². The molecule has 0 unspecified atom stereocenters. The number of aliphatic hydroxyl groups excluding tert-OH is 1. The molecule has 0 fully saturated rings. The summed E-state index contributed by atoms with van der Waals surface area (Å²) in [5.74, 6) is 0.841. The van der Waals surface area contributed by atoms with Crippen LogP contribution in [0.15, 0.2) is 33.9 Å². The lowest BCUT2D eigenvalue weighted by Gasteiger charge is -1.99. The zero-order valence-corrected chi connectivity index (χ0v) is 11.6. The van der Waals surface area contributed by atoms with Crippen LogP contribution >= 0.6 is 11.8 Å². The molecule has 1 aromatic carbocycles. The zero-order valence-electron chi connectivity index (χ0n) is 10.8. The molecule has 0 aliphatic heterocycles. The summed E-state index contributed by atoms with van der Waals surface area (Å²) in [5.41, 5.74) is 0.788. The molecular formula is C13H15FN2O3S. The van der Waals surface area contributed by atoms with Gasteiger partial charge in [0.25, 0.3) is 5.22 Å². The molecule has 1 aromatic heterocycles. The highest BCUT2D eigenvalue weighted by molar-refractivity contribution is 7.99. The minimum atomic E-state index is -0.280. The van der Waals surface area contributed by atoms with E-state index in [2.05, 4.69) is 10.2 Å². The molecule has 0 spiro atoms. The van der Waals surface area contributed by atoms with E-state index in [1.807, 2.05) is 6.07 Å². The Morgan fingerprint density at radius 1 is 1.30 bits per heavy atom. The van der Waals surface area contributed by atoms with E-state index < -0.39 is 0 Å². The van der Waals surface area contributed by atoms with E-state index in [0.29, 0.717) is 36.5 Å². The van der Waals surface area contributed by atoms with Gasteiger partial charge in [-0.3, -0.25) is 0 Å². The lowest BCUT2D eigenvalue weighted by molar-refractivity contribution is 0.103. The maximum absolute atomic E-state index is 13.0. The van der Waals surface area contributed by atoms with Crippen LogP contribution in [0.3, 0.4) is 0 Å². The van der Waals surface area contributed by atoms with Crippen LogP contribution in [0.4, 0.5) is 4.39 Å². The number of hydrogen-bond acceptors (Lipinski definition) is 6. The molecule has 0 radical (unpaired) electrons. The van der Waals surface area contributed by atoms with E-state index in [-0.39, 0.29) is 12.4 Å². The van der Waals surface area contributed by atoms with Gasteiger partial charge in [-0.25, -0.2) is 4.39 Å². The van der Waals surface area contributed by atoms with E-state index in [4.69, 9.17) is 14.3 Å². The first kappa shape index (κ1) is 15.0. The van der Waals surface area contributed by atoms with Gasteiger partial charge in [0.15, 0.2) is 0 Å². The van der Waals surface area contributed by atoms with Gasteiger partial charge in [-0.1, -0.05) is 23.9 Å². The minimum absolute atomic E-state index is 0.0169. The van der Waals surface area contributed by atoms with E-state index in [0.717, 1.165) is 5.56 Å². The van der Waals surface area contributed by atoms with Gasteiger partial charge in [0.2, 0.25) is 5.89 Å². The fraction of sp³-hybridized carbons (Fsp3) is 0.385. The number of thioether (sulfide) groups is 1. The third-order valence-electron chi connectivity index (χ3n) is 2.38. The first-order valence-electron chi connectivity index (χ1n) is 6.16. The summed E-state index contributed by atoms with van der Waals surface area (Å²) in [4.78, 5) is 0. The molecule has 0 aliphatic rings. The molecule has 1 N–H and O–H groups in total. The number of aliphatic hydroxyl groups is 1. The van der Waals surface area contributed by atoms with Gasteiger partial charge in [-0.2, -0.15) is 0 Å². The van der Waals surface area contributed by atoms with Gasteiger partial charge in [0.1, 0.15) is 5.82 Å². The Morgan fingerprint density at radius 2 is 2.20 bits per heavy atom. The predicted molar refractivity (Wildman–Crippen MR) is 72.1 cm³/mol. The predicted octanol–water partition coefficient (Wildman–Crippen LogP) is 1.90. The van der Waals surface area contributed by atoms with Crippen molar-refractivity contribution < 1.29 is 18.7 Å². The van der Waals surface area contributed by atoms with Crippen molar-refractivity contribution in [1.82, 2.24) is 10.2 Å². The number of ether oxygens (including phenoxy) is 1. The first-order valence-corrected chi connectivity index (χ1v) is 7.14. The molecule has 1 heterocycles. The molecule has 0 bridgehead atoms. The van der Waals surface area contributed by atoms with Crippen LogP contribution in [0.25, 0.3) is 0 Å². The molecule has 108 valence electrons. The van der Waals surface area contributed by atoms with Crippen molar-refractivity contribution in [2.24, 2.45) is 0 Å². The van der Waals surface area contributed by atoms with Crippen molar-refractivity contribution in [1.29, 1.82) is 0 Å². The molecule has 0 atom stereocenters. The number of nitrogens with zero attached hydrogens (tertiary/aromatic N) is 2. The van der Waals surface area contributed by atoms with Crippen LogP contribution in [0, 0.1) is 5.82 Å². The highest BCUT2D eigenvalue weighted by atomic mass is 32.2. The summed E-state index contributed by atoms with van der Waals surface area (Å²) in [6, 6.07) is 6.29. The van der Waals surface area contributed by atoms with E-state index in [9.17, 15) is 4.39 Å². The number of aromatic nitrogens is 2. The Balaban J connectivity index is 1.80. The second-order valence-corrected chi connectivity index (χ2v) is 5.00. The van der Waals surface area contributed by atoms with Gasteiger partial charge >= 0.3 is 0 Å². The lowest BCUT2D eigenvalue weighted by Crippen LogP contribution is -2.02. The molecule has 2 rings (SSSR count). The Hall–Kier alpha value is -1.44. The minimum Gasteiger partial charge on any atom is -0.416 e. The van der Waals surface area contributed by atoms with Gasteiger partial charge in [0.05, 0.1) is 26.2 Å². The summed E-state index contributed by atoms with van der Waals surface area (Å²) in [5, 5.41) is 16.8. The first-order chi connectivity index (χ1) is 9.78. The highest BCUT2D eigenvalue weighted by Gasteiger charge is 2.08. The average Bonchev–Trinajstić information content (AvgIpc) is 2.86. The topological polar surface area (TPSA) is 68.4 Å². The quantitative estimate of drug-likeness (QED) is 0.593. The summed E-state index contributed by atoms with van der Waals surface area (Å²) >= 11 is 1.38. The maximum Gasteiger partial charge on any atom is 0.276 e. The number of halogens is 1. The van der Waals surface area contributed by atoms with Crippen molar-refractivity contribution in [2.45, 2.75) is 11.6 Å². The van der Waals surface area contributed by atoms with Crippen molar-refractivity contribution in [3.63, 3.8) is 0 Å². The van der Waals surface area contributed by atoms with E-state index in [1.165, 1.54) is 23.9 Å². The summed E-state index contributed by atoms with van der Waals surface area (Å²) < 4.78 is 23.6. The number of benzene rings is 1. The smallest absolute Gasteiger partial charge is 0.276 e. The fourth-order valence-electron chi connectivity index (χ4n) is 1.54. The van der Waals surface area contributed by atoms with Crippen LogP contribution in [0.2, 0.25) is 0 Å². The molecule has 2 aromatic rings. The molecule has 0 aliphatic carbocycles. The Morgan fingerprint density at radius 3 is 3.00 bits per heavy atom. The number of rotatable bonds is 8. The maximum atomic E-state index is 13.0. The third-order valence-corrected chi connectivity index (χ3v) is 3.16. The van der Waals surface area contributed by atoms with Crippen molar-refractivity contribution >= 4 is 11.8 Å². The van der Waals surface area contributed by atoms with Crippen molar-refractivity contribution in [3.05, 3.63) is 41.5 Å². The molecule has 5 nitrogen and oxygen atoms in total. The molecule has 0 saturated heterocycles. The van der Waals surface area contributed by atoms with Gasteiger partial charge in [-0.15, -0.1) is 10.2 Å². The average molecular weight is 298 g/mol. The molecule has 7 heteroatoms. The fourth-order valence-corrected chi connectivity index (χ4v) is 2.17.